The molecule has 0 saturated heterocycles. The summed E-state index contributed by atoms with van der Waals surface area (Å²) in [5, 5.41) is 2.04. The third-order valence-electron chi connectivity index (χ3n) is 3.39. The Labute approximate surface area is 140 Å². The van der Waals surface area contributed by atoms with E-state index in [1.54, 1.807) is 6.07 Å². The minimum absolute atomic E-state index is 0.0453. The maximum atomic E-state index is 6.27. The van der Waals surface area contributed by atoms with E-state index in [-0.39, 0.29) is 6.04 Å². The van der Waals surface area contributed by atoms with Gasteiger partial charge in [0.2, 0.25) is 0 Å². The molecule has 0 saturated carbocycles. The van der Waals surface area contributed by atoms with E-state index in [4.69, 9.17) is 40.6 Å². The van der Waals surface area contributed by atoms with Crippen molar-refractivity contribution in [2.75, 3.05) is 0 Å². The van der Waals surface area contributed by atoms with E-state index in [1.165, 1.54) is 0 Å². The van der Waals surface area contributed by atoms with Gasteiger partial charge in [-0.2, -0.15) is 0 Å². The molecule has 0 bridgehead atoms. The fourth-order valence-electron chi connectivity index (χ4n) is 2.23. The second kappa shape index (κ2) is 7.48. The number of rotatable bonds is 5. The van der Waals surface area contributed by atoms with Crippen molar-refractivity contribution in [2.45, 2.75) is 25.8 Å². The van der Waals surface area contributed by atoms with Gasteiger partial charge >= 0.3 is 0 Å². The third-order valence-corrected chi connectivity index (χ3v) is 4.33. The van der Waals surface area contributed by atoms with Crippen LogP contribution in [0.3, 0.4) is 0 Å². The molecule has 0 spiro atoms. The molecule has 2 rings (SSSR count). The molecule has 0 heterocycles. The summed E-state index contributed by atoms with van der Waals surface area (Å²) in [6.07, 6.45) is 1.44. The molecule has 0 aliphatic rings. The molecule has 5 heteroatoms. The van der Waals surface area contributed by atoms with Crippen LogP contribution < -0.4 is 11.3 Å². The van der Waals surface area contributed by atoms with Gasteiger partial charge in [-0.3, -0.25) is 11.3 Å². The zero-order chi connectivity index (χ0) is 15.4. The van der Waals surface area contributed by atoms with Crippen molar-refractivity contribution < 1.29 is 0 Å². The van der Waals surface area contributed by atoms with E-state index in [1.807, 2.05) is 37.3 Å². The highest BCUT2D eigenvalue weighted by molar-refractivity contribution is 6.35. The molecular formula is C16H17Cl3N2. The molecular weight excluding hydrogens is 327 g/mol. The van der Waals surface area contributed by atoms with E-state index in [2.05, 4.69) is 5.43 Å². The van der Waals surface area contributed by atoms with Crippen LogP contribution in [0, 0.1) is 6.92 Å². The molecule has 0 amide bonds. The van der Waals surface area contributed by atoms with E-state index in [0.717, 1.165) is 28.1 Å². The van der Waals surface area contributed by atoms with Crippen molar-refractivity contribution >= 4 is 34.8 Å². The number of hydrogen-bond acceptors (Lipinski definition) is 2. The average molecular weight is 344 g/mol. The van der Waals surface area contributed by atoms with Gasteiger partial charge in [0.25, 0.3) is 0 Å². The fraction of sp³-hybridized carbons (Fsp3) is 0.250. The molecule has 112 valence electrons. The summed E-state index contributed by atoms with van der Waals surface area (Å²) in [6.45, 7) is 2.02. The van der Waals surface area contributed by atoms with Gasteiger partial charge in [-0.1, -0.05) is 53.0 Å². The second-order valence-electron chi connectivity index (χ2n) is 5.10. The predicted molar refractivity (Wildman–Crippen MR) is 91.2 cm³/mol. The first kappa shape index (κ1) is 16.6. The Morgan fingerprint density at radius 2 is 1.52 bits per heavy atom. The summed E-state index contributed by atoms with van der Waals surface area (Å²) in [4.78, 5) is 0. The van der Waals surface area contributed by atoms with Gasteiger partial charge in [-0.25, -0.2) is 0 Å². The normalized spacial score (nSPS) is 12.4. The first-order valence-electron chi connectivity index (χ1n) is 6.64. The lowest BCUT2D eigenvalue weighted by atomic mass is 9.99. The lowest BCUT2D eigenvalue weighted by molar-refractivity contribution is 0.522. The van der Waals surface area contributed by atoms with Crippen LogP contribution in [0.4, 0.5) is 0 Å². The largest absolute Gasteiger partial charge is 0.271 e. The van der Waals surface area contributed by atoms with Crippen LogP contribution >= 0.6 is 34.8 Å². The predicted octanol–water partition coefficient (Wildman–Crippen LogP) is 4.57. The summed E-state index contributed by atoms with van der Waals surface area (Å²) < 4.78 is 0. The summed E-state index contributed by atoms with van der Waals surface area (Å²) in [5.41, 5.74) is 6.04. The molecule has 0 aliphatic carbocycles. The number of hydrazine groups is 1. The Hall–Kier alpha value is -0.770. The van der Waals surface area contributed by atoms with Crippen LogP contribution in [0.15, 0.2) is 36.4 Å². The maximum Gasteiger partial charge on any atom is 0.0453 e. The highest BCUT2D eigenvalue weighted by atomic mass is 35.5. The molecule has 2 nitrogen and oxygen atoms in total. The first-order chi connectivity index (χ1) is 9.99. The molecule has 3 N–H and O–H groups in total. The lowest BCUT2D eigenvalue weighted by Crippen LogP contribution is -2.38. The molecule has 0 radical (unpaired) electrons. The minimum Gasteiger partial charge on any atom is -0.271 e. The van der Waals surface area contributed by atoms with Crippen molar-refractivity contribution in [3.8, 4) is 0 Å². The van der Waals surface area contributed by atoms with Gasteiger partial charge in [0, 0.05) is 21.1 Å². The smallest absolute Gasteiger partial charge is 0.0453 e. The van der Waals surface area contributed by atoms with Crippen LogP contribution in [0.25, 0.3) is 0 Å². The highest BCUT2D eigenvalue weighted by Gasteiger charge is 2.13. The molecule has 1 unspecified atom stereocenters. The van der Waals surface area contributed by atoms with E-state index < -0.39 is 0 Å². The molecule has 0 fully saturated rings. The highest BCUT2D eigenvalue weighted by Crippen LogP contribution is 2.24. The second-order valence-corrected chi connectivity index (χ2v) is 6.35. The SMILES string of the molecule is Cc1ccc(CC(Cc2ccc(Cl)cc2Cl)NN)c(Cl)c1. The van der Waals surface area contributed by atoms with Crippen LogP contribution in [0.5, 0.6) is 0 Å². The Morgan fingerprint density at radius 1 is 0.952 bits per heavy atom. The topological polar surface area (TPSA) is 38.0 Å². The number of hydrogen-bond donors (Lipinski definition) is 2. The first-order valence-corrected chi connectivity index (χ1v) is 7.78. The van der Waals surface area contributed by atoms with Gasteiger partial charge in [0.15, 0.2) is 0 Å². The molecule has 2 aromatic rings. The summed E-state index contributed by atoms with van der Waals surface area (Å²) in [5.74, 6) is 5.67. The quantitative estimate of drug-likeness (QED) is 0.616. The third kappa shape index (κ3) is 4.60. The zero-order valence-corrected chi connectivity index (χ0v) is 13.9. The minimum atomic E-state index is 0.0453. The monoisotopic (exact) mass is 342 g/mol. The van der Waals surface area contributed by atoms with Crippen LogP contribution in [-0.2, 0) is 12.8 Å². The number of nitrogens with two attached hydrogens (primary N) is 1. The van der Waals surface area contributed by atoms with Crippen molar-refractivity contribution in [3.05, 3.63) is 68.2 Å². The molecule has 2 aromatic carbocycles. The Bertz CT molecular complexity index is 575. The van der Waals surface area contributed by atoms with Crippen LogP contribution in [0.1, 0.15) is 16.7 Å². The fourth-order valence-corrected chi connectivity index (χ4v) is 3.02. The zero-order valence-electron chi connectivity index (χ0n) is 11.7. The lowest BCUT2D eigenvalue weighted by Gasteiger charge is -2.18. The van der Waals surface area contributed by atoms with Crippen LogP contribution in [-0.4, -0.2) is 6.04 Å². The summed E-state index contributed by atoms with van der Waals surface area (Å²) in [7, 11) is 0. The number of halogens is 3. The Kier molecular flexibility index (Phi) is 5.91. The van der Waals surface area contributed by atoms with Gasteiger partial charge in [0.05, 0.1) is 0 Å². The maximum absolute atomic E-state index is 6.27. The van der Waals surface area contributed by atoms with Gasteiger partial charge < -0.3 is 0 Å². The van der Waals surface area contributed by atoms with E-state index in [0.29, 0.717) is 16.5 Å². The average Bonchev–Trinajstić information content (AvgIpc) is 2.43. The van der Waals surface area contributed by atoms with Gasteiger partial charge in [-0.15, -0.1) is 0 Å². The van der Waals surface area contributed by atoms with Crippen molar-refractivity contribution in [2.24, 2.45) is 5.84 Å². The number of aryl methyl sites for hydroxylation is 1. The molecule has 1 atom stereocenters. The van der Waals surface area contributed by atoms with Gasteiger partial charge in [-0.05, 0) is 54.7 Å². The molecule has 0 aliphatic heterocycles. The van der Waals surface area contributed by atoms with E-state index >= 15 is 0 Å². The van der Waals surface area contributed by atoms with Crippen molar-refractivity contribution in [1.82, 2.24) is 5.43 Å². The number of nitrogens with one attached hydrogen (secondary N) is 1. The Morgan fingerprint density at radius 3 is 2.05 bits per heavy atom. The summed E-state index contributed by atoms with van der Waals surface area (Å²) in [6, 6.07) is 11.6. The summed E-state index contributed by atoms with van der Waals surface area (Å²) >= 11 is 18.4. The van der Waals surface area contributed by atoms with Crippen molar-refractivity contribution in [3.63, 3.8) is 0 Å². The standard InChI is InChI=1S/C16H17Cl3N2/c1-10-2-3-11(15(18)6-10)7-14(21-20)8-12-4-5-13(17)9-16(12)19/h2-6,9,14,21H,7-8,20H2,1H3. The van der Waals surface area contributed by atoms with Crippen LogP contribution in [0.2, 0.25) is 15.1 Å². The number of benzene rings is 2. The Balaban J connectivity index is 2.13. The molecule has 21 heavy (non-hydrogen) atoms. The van der Waals surface area contributed by atoms with E-state index in [9.17, 15) is 0 Å². The van der Waals surface area contributed by atoms with Gasteiger partial charge in [0.1, 0.15) is 0 Å². The molecule has 0 aromatic heterocycles. The van der Waals surface area contributed by atoms with Crippen molar-refractivity contribution in [1.29, 1.82) is 0 Å².